The summed E-state index contributed by atoms with van der Waals surface area (Å²) >= 11 is 4.63. The van der Waals surface area contributed by atoms with E-state index in [1.807, 2.05) is 31.2 Å². The molecule has 0 saturated carbocycles. The Bertz CT molecular complexity index is 730. The van der Waals surface area contributed by atoms with Crippen molar-refractivity contribution in [3.63, 3.8) is 0 Å². The Morgan fingerprint density at radius 3 is 2.71 bits per heavy atom. The van der Waals surface area contributed by atoms with Crippen molar-refractivity contribution in [3.8, 4) is 0 Å². The molecule has 0 bridgehead atoms. The molecular weight excluding hydrogens is 288 g/mol. The summed E-state index contributed by atoms with van der Waals surface area (Å²) in [7, 11) is 0. The molecule has 0 fully saturated rings. The number of fused-ring (bicyclic) bond motifs is 1. The van der Waals surface area contributed by atoms with Gasteiger partial charge in [-0.2, -0.15) is 0 Å². The van der Waals surface area contributed by atoms with Crippen LogP contribution in [0.4, 0.5) is 5.69 Å². The Hall–Kier alpha value is -2.54. The van der Waals surface area contributed by atoms with Crippen molar-refractivity contribution in [1.82, 2.24) is 10.3 Å². The fraction of sp³-hybridized carbons (Fsp3) is 0.143. The lowest BCUT2D eigenvalue weighted by Crippen LogP contribution is -2.39. The van der Waals surface area contributed by atoms with Crippen LogP contribution in [0.5, 0.6) is 0 Å². The monoisotopic (exact) mass is 302 g/mol. The summed E-state index contributed by atoms with van der Waals surface area (Å²) in [4.78, 5) is 27.9. The summed E-state index contributed by atoms with van der Waals surface area (Å²) in [5.41, 5.74) is 7.29. The molecule has 4 N–H and O–H groups in total. The maximum Gasteiger partial charge on any atom is 0.313 e. The maximum absolute atomic E-state index is 11.9. The molecule has 0 aliphatic rings. The van der Waals surface area contributed by atoms with Crippen molar-refractivity contribution in [3.05, 3.63) is 36.0 Å². The van der Waals surface area contributed by atoms with Crippen LogP contribution < -0.4 is 16.4 Å². The standard InChI is InChI=1S/C14H14N4O2S/c1-8-6-11(9-4-2-3-5-10(9)17-8)18-14(20)13(19)16-7-12(15)21/h2-6H,7H2,1H3,(H2,15,21)(H,16,19)(H,17,18,20). The Kier molecular flexibility index (Phi) is 4.44. The number of nitrogens with two attached hydrogens (primary N) is 1. The second-order valence-electron chi connectivity index (χ2n) is 4.43. The highest BCUT2D eigenvalue weighted by Crippen LogP contribution is 2.22. The van der Waals surface area contributed by atoms with E-state index in [0.29, 0.717) is 5.69 Å². The van der Waals surface area contributed by atoms with Crippen molar-refractivity contribution in [2.24, 2.45) is 5.73 Å². The third-order valence-corrected chi connectivity index (χ3v) is 2.87. The van der Waals surface area contributed by atoms with Gasteiger partial charge in [-0.3, -0.25) is 14.6 Å². The van der Waals surface area contributed by atoms with Crippen LogP contribution in [0.1, 0.15) is 5.69 Å². The van der Waals surface area contributed by atoms with E-state index in [2.05, 4.69) is 27.8 Å². The number of carbonyl (C=O) groups excluding carboxylic acids is 2. The Balaban J connectivity index is 2.21. The SMILES string of the molecule is Cc1cc(NC(=O)C(=O)NCC(N)=S)c2ccccc2n1. The molecular formula is C14H14N4O2S. The third-order valence-electron chi connectivity index (χ3n) is 2.72. The van der Waals surface area contributed by atoms with Crippen LogP contribution >= 0.6 is 12.2 Å². The zero-order valence-electron chi connectivity index (χ0n) is 11.3. The summed E-state index contributed by atoms with van der Waals surface area (Å²) < 4.78 is 0. The molecule has 0 atom stereocenters. The summed E-state index contributed by atoms with van der Waals surface area (Å²) in [5.74, 6) is -1.57. The van der Waals surface area contributed by atoms with Gasteiger partial charge < -0.3 is 16.4 Å². The van der Waals surface area contributed by atoms with Gasteiger partial charge in [0.05, 0.1) is 22.7 Å². The highest BCUT2D eigenvalue weighted by molar-refractivity contribution is 7.80. The lowest BCUT2D eigenvalue weighted by Gasteiger charge is -2.09. The number of para-hydroxylation sites is 1. The van der Waals surface area contributed by atoms with Crippen molar-refractivity contribution < 1.29 is 9.59 Å². The molecule has 0 aliphatic carbocycles. The number of hydrogen-bond acceptors (Lipinski definition) is 4. The number of hydrogen-bond donors (Lipinski definition) is 3. The van der Waals surface area contributed by atoms with Crippen LogP contribution in [0.15, 0.2) is 30.3 Å². The number of rotatable bonds is 3. The van der Waals surface area contributed by atoms with E-state index in [1.54, 1.807) is 6.07 Å². The van der Waals surface area contributed by atoms with E-state index >= 15 is 0 Å². The molecule has 2 aromatic rings. The minimum atomic E-state index is -0.790. The number of amides is 2. The molecule has 0 aliphatic heterocycles. The van der Waals surface area contributed by atoms with Crippen LogP contribution in [0.3, 0.4) is 0 Å². The summed E-state index contributed by atoms with van der Waals surface area (Å²) in [6.07, 6.45) is 0. The summed E-state index contributed by atoms with van der Waals surface area (Å²) in [6.45, 7) is 1.80. The number of pyridine rings is 1. The van der Waals surface area contributed by atoms with Crippen molar-refractivity contribution in [2.75, 3.05) is 11.9 Å². The average molecular weight is 302 g/mol. The predicted molar refractivity (Wildman–Crippen MR) is 84.9 cm³/mol. The zero-order chi connectivity index (χ0) is 15.4. The Labute approximate surface area is 126 Å². The van der Waals surface area contributed by atoms with Crippen molar-refractivity contribution >= 4 is 45.6 Å². The molecule has 108 valence electrons. The Morgan fingerprint density at radius 1 is 1.29 bits per heavy atom. The normalized spacial score (nSPS) is 10.1. The molecule has 7 heteroatoms. The molecule has 0 radical (unpaired) electrons. The molecule has 1 aromatic heterocycles. The van der Waals surface area contributed by atoms with Gasteiger partial charge in [0.1, 0.15) is 0 Å². The number of anilines is 1. The quantitative estimate of drug-likeness (QED) is 0.578. The number of nitrogens with zero attached hydrogens (tertiary/aromatic N) is 1. The summed E-state index contributed by atoms with van der Waals surface area (Å²) in [5, 5.41) is 5.67. The minimum Gasteiger partial charge on any atom is -0.392 e. The third kappa shape index (κ3) is 3.73. The lowest BCUT2D eigenvalue weighted by atomic mass is 10.1. The van der Waals surface area contributed by atoms with Gasteiger partial charge in [0.2, 0.25) is 0 Å². The largest absolute Gasteiger partial charge is 0.392 e. The number of aromatic nitrogens is 1. The first kappa shape index (κ1) is 14.9. The van der Waals surface area contributed by atoms with Crippen LogP contribution in [0.25, 0.3) is 10.9 Å². The number of aryl methyl sites for hydroxylation is 1. The van der Waals surface area contributed by atoms with Gasteiger partial charge in [0.15, 0.2) is 0 Å². The number of nitrogens with one attached hydrogen (secondary N) is 2. The highest BCUT2D eigenvalue weighted by atomic mass is 32.1. The average Bonchev–Trinajstić information content (AvgIpc) is 2.44. The molecule has 0 saturated heterocycles. The van der Waals surface area contributed by atoms with Gasteiger partial charge in [0, 0.05) is 11.1 Å². The molecule has 21 heavy (non-hydrogen) atoms. The van der Waals surface area contributed by atoms with E-state index in [0.717, 1.165) is 16.6 Å². The van der Waals surface area contributed by atoms with Gasteiger partial charge in [-0.1, -0.05) is 30.4 Å². The molecule has 2 amide bonds. The van der Waals surface area contributed by atoms with Crippen LogP contribution in [-0.2, 0) is 9.59 Å². The number of benzene rings is 1. The van der Waals surface area contributed by atoms with Crippen molar-refractivity contribution in [1.29, 1.82) is 0 Å². The van der Waals surface area contributed by atoms with Gasteiger partial charge in [-0.15, -0.1) is 0 Å². The van der Waals surface area contributed by atoms with Gasteiger partial charge in [-0.05, 0) is 19.1 Å². The zero-order valence-corrected chi connectivity index (χ0v) is 12.2. The molecule has 2 rings (SSSR count). The maximum atomic E-state index is 11.9. The minimum absolute atomic E-state index is 0.0162. The summed E-state index contributed by atoms with van der Waals surface area (Å²) in [6, 6.07) is 9.06. The van der Waals surface area contributed by atoms with Crippen LogP contribution in [0, 0.1) is 6.92 Å². The van der Waals surface area contributed by atoms with E-state index in [1.165, 1.54) is 0 Å². The topological polar surface area (TPSA) is 97.1 Å². The first-order valence-corrected chi connectivity index (χ1v) is 6.62. The molecule has 1 aromatic carbocycles. The second-order valence-corrected chi connectivity index (χ2v) is 4.96. The second kappa shape index (κ2) is 6.27. The predicted octanol–water partition coefficient (Wildman–Crippen LogP) is 0.884. The van der Waals surface area contributed by atoms with E-state index in [9.17, 15) is 9.59 Å². The van der Waals surface area contributed by atoms with Gasteiger partial charge in [-0.25, -0.2) is 0 Å². The molecule has 0 unspecified atom stereocenters. The lowest BCUT2D eigenvalue weighted by molar-refractivity contribution is -0.135. The van der Waals surface area contributed by atoms with Crippen molar-refractivity contribution in [2.45, 2.75) is 6.92 Å². The van der Waals surface area contributed by atoms with Crippen LogP contribution in [0.2, 0.25) is 0 Å². The first-order chi connectivity index (χ1) is 9.97. The smallest absolute Gasteiger partial charge is 0.313 e. The molecule has 6 nitrogen and oxygen atoms in total. The van der Waals surface area contributed by atoms with E-state index in [4.69, 9.17) is 5.73 Å². The molecule has 1 heterocycles. The molecule has 0 spiro atoms. The van der Waals surface area contributed by atoms with Crippen LogP contribution in [-0.4, -0.2) is 28.3 Å². The first-order valence-electron chi connectivity index (χ1n) is 6.21. The number of thiocarbonyl (C=S) groups is 1. The highest BCUT2D eigenvalue weighted by Gasteiger charge is 2.15. The fourth-order valence-electron chi connectivity index (χ4n) is 1.84. The van der Waals surface area contributed by atoms with Gasteiger partial charge >= 0.3 is 11.8 Å². The Morgan fingerprint density at radius 2 is 2.00 bits per heavy atom. The number of carbonyl (C=O) groups is 2. The van der Waals surface area contributed by atoms with E-state index in [-0.39, 0.29) is 11.5 Å². The fourth-order valence-corrected chi connectivity index (χ4v) is 1.91. The van der Waals surface area contributed by atoms with E-state index < -0.39 is 11.8 Å². The van der Waals surface area contributed by atoms with Gasteiger partial charge in [0.25, 0.3) is 0 Å².